The number of hydrogen-bond donors (Lipinski definition) is 1. The van der Waals surface area contributed by atoms with E-state index in [9.17, 15) is 0 Å². The zero-order chi connectivity index (χ0) is 11.4. The molecule has 0 radical (unpaired) electrons. The van der Waals surface area contributed by atoms with Crippen LogP contribution in [0.15, 0.2) is 30.3 Å². The molecule has 88 valence electrons. The molecule has 1 saturated carbocycles. The molecule has 1 aliphatic rings. The van der Waals surface area contributed by atoms with Crippen molar-refractivity contribution in [1.82, 2.24) is 0 Å². The van der Waals surface area contributed by atoms with Crippen LogP contribution in [-0.4, -0.2) is 12.7 Å². The van der Waals surface area contributed by atoms with Crippen LogP contribution in [-0.2, 0) is 4.74 Å². The van der Waals surface area contributed by atoms with Crippen molar-refractivity contribution in [1.29, 1.82) is 0 Å². The first-order chi connectivity index (χ1) is 7.78. The number of ether oxygens (including phenoxy) is 1. The molecule has 2 heteroatoms. The van der Waals surface area contributed by atoms with Crippen molar-refractivity contribution in [2.45, 2.75) is 43.7 Å². The predicted octanol–water partition coefficient (Wildman–Crippen LogP) is 3.04. The fraction of sp³-hybridized carbons (Fsp3) is 0.571. The molecular formula is C14H21NO. The van der Waals surface area contributed by atoms with Crippen LogP contribution in [0.25, 0.3) is 0 Å². The first kappa shape index (κ1) is 11.6. The standard InChI is InChI=1S/C14H21NO/c1-16-14(10-6-3-7-11-14)13(15)12-8-4-2-5-9-12/h2,4-5,8-9,13H,3,6-7,10-11,15H2,1H3. The van der Waals surface area contributed by atoms with Crippen LogP contribution >= 0.6 is 0 Å². The molecule has 1 aliphatic carbocycles. The molecule has 1 atom stereocenters. The lowest BCUT2D eigenvalue weighted by atomic mass is 9.77. The van der Waals surface area contributed by atoms with Crippen LogP contribution in [0.2, 0.25) is 0 Å². The molecule has 1 fully saturated rings. The van der Waals surface area contributed by atoms with Gasteiger partial charge in [-0.2, -0.15) is 0 Å². The Kier molecular flexibility index (Phi) is 3.62. The number of benzene rings is 1. The average molecular weight is 219 g/mol. The first-order valence-electron chi connectivity index (χ1n) is 6.14. The van der Waals surface area contributed by atoms with Crippen LogP contribution in [0, 0.1) is 0 Å². The highest BCUT2D eigenvalue weighted by atomic mass is 16.5. The molecule has 2 nitrogen and oxygen atoms in total. The minimum atomic E-state index is -0.139. The van der Waals surface area contributed by atoms with Crippen molar-refractivity contribution in [3.05, 3.63) is 35.9 Å². The van der Waals surface area contributed by atoms with Gasteiger partial charge in [0.05, 0.1) is 11.6 Å². The summed E-state index contributed by atoms with van der Waals surface area (Å²) in [5.41, 5.74) is 7.44. The molecule has 0 aromatic heterocycles. The van der Waals surface area contributed by atoms with Crippen LogP contribution in [0.1, 0.15) is 43.7 Å². The van der Waals surface area contributed by atoms with Gasteiger partial charge in [-0.05, 0) is 18.4 Å². The van der Waals surface area contributed by atoms with Crippen molar-refractivity contribution >= 4 is 0 Å². The summed E-state index contributed by atoms with van der Waals surface area (Å²) in [4.78, 5) is 0. The highest BCUT2D eigenvalue weighted by Gasteiger charge is 2.38. The van der Waals surface area contributed by atoms with E-state index in [1.807, 2.05) is 18.2 Å². The maximum absolute atomic E-state index is 6.39. The fourth-order valence-corrected chi connectivity index (χ4v) is 2.76. The second-order valence-electron chi connectivity index (χ2n) is 4.72. The Balaban J connectivity index is 2.20. The van der Waals surface area contributed by atoms with Crippen LogP contribution in [0.5, 0.6) is 0 Å². The third kappa shape index (κ3) is 2.13. The second kappa shape index (κ2) is 4.98. The molecule has 1 aromatic rings. The van der Waals surface area contributed by atoms with Gasteiger partial charge in [0.1, 0.15) is 0 Å². The summed E-state index contributed by atoms with van der Waals surface area (Å²) < 4.78 is 5.77. The molecule has 0 amide bonds. The SMILES string of the molecule is COC1(C(N)c2ccccc2)CCCCC1. The van der Waals surface area contributed by atoms with Gasteiger partial charge in [-0.25, -0.2) is 0 Å². The topological polar surface area (TPSA) is 35.2 Å². The Morgan fingerprint density at radius 3 is 2.31 bits per heavy atom. The average Bonchev–Trinajstić information content (AvgIpc) is 2.39. The first-order valence-corrected chi connectivity index (χ1v) is 6.14. The monoisotopic (exact) mass is 219 g/mol. The smallest absolute Gasteiger partial charge is 0.0870 e. The second-order valence-corrected chi connectivity index (χ2v) is 4.72. The molecule has 2 rings (SSSR count). The normalized spacial score (nSPS) is 21.6. The highest BCUT2D eigenvalue weighted by Crippen LogP contribution is 2.39. The van der Waals surface area contributed by atoms with Gasteiger partial charge in [0.15, 0.2) is 0 Å². The summed E-state index contributed by atoms with van der Waals surface area (Å²) in [6, 6.07) is 10.3. The third-order valence-corrected chi connectivity index (χ3v) is 3.83. The minimum absolute atomic E-state index is 0.000926. The fourth-order valence-electron chi connectivity index (χ4n) is 2.76. The molecule has 0 spiro atoms. The summed E-state index contributed by atoms with van der Waals surface area (Å²) in [7, 11) is 1.80. The molecule has 0 saturated heterocycles. The van der Waals surface area contributed by atoms with Crippen LogP contribution < -0.4 is 5.73 Å². The molecule has 1 aromatic carbocycles. The van der Waals surface area contributed by atoms with E-state index in [-0.39, 0.29) is 11.6 Å². The molecule has 2 N–H and O–H groups in total. The van der Waals surface area contributed by atoms with Gasteiger partial charge in [0.25, 0.3) is 0 Å². The zero-order valence-electron chi connectivity index (χ0n) is 9.99. The van der Waals surface area contributed by atoms with E-state index in [1.54, 1.807) is 7.11 Å². The van der Waals surface area contributed by atoms with E-state index in [0.717, 1.165) is 12.8 Å². The van der Waals surface area contributed by atoms with Gasteiger partial charge >= 0.3 is 0 Å². The highest BCUT2D eigenvalue weighted by molar-refractivity contribution is 5.22. The van der Waals surface area contributed by atoms with Crippen LogP contribution in [0.3, 0.4) is 0 Å². The Morgan fingerprint density at radius 2 is 1.75 bits per heavy atom. The zero-order valence-corrected chi connectivity index (χ0v) is 9.99. The summed E-state index contributed by atoms with van der Waals surface area (Å²) in [5.74, 6) is 0. The minimum Gasteiger partial charge on any atom is -0.376 e. The number of nitrogens with two attached hydrogens (primary N) is 1. The number of rotatable bonds is 3. The quantitative estimate of drug-likeness (QED) is 0.848. The predicted molar refractivity (Wildman–Crippen MR) is 66.2 cm³/mol. The Hall–Kier alpha value is -0.860. The number of methoxy groups -OCH3 is 1. The summed E-state index contributed by atoms with van der Waals surface area (Å²) in [5, 5.41) is 0. The lowest BCUT2D eigenvalue weighted by Gasteiger charge is -2.41. The van der Waals surface area contributed by atoms with Crippen molar-refractivity contribution in [3.63, 3.8) is 0 Å². The van der Waals surface area contributed by atoms with Crippen molar-refractivity contribution in [3.8, 4) is 0 Å². The van der Waals surface area contributed by atoms with Crippen molar-refractivity contribution in [2.24, 2.45) is 5.73 Å². The summed E-state index contributed by atoms with van der Waals surface area (Å²) in [6.07, 6.45) is 5.94. The van der Waals surface area contributed by atoms with E-state index in [1.165, 1.54) is 24.8 Å². The number of hydrogen-bond acceptors (Lipinski definition) is 2. The summed E-state index contributed by atoms with van der Waals surface area (Å²) >= 11 is 0. The van der Waals surface area contributed by atoms with E-state index in [4.69, 9.17) is 10.5 Å². The molecule has 0 heterocycles. The largest absolute Gasteiger partial charge is 0.376 e. The van der Waals surface area contributed by atoms with Crippen LogP contribution in [0.4, 0.5) is 0 Å². The van der Waals surface area contributed by atoms with Gasteiger partial charge in [0, 0.05) is 7.11 Å². The third-order valence-electron chi connectivity index (χ3n) is 3.83. The maximum Gasteiger partial charge on any atom is 0.0870 e. The van der Waals surface area contributed by atoms with Gasteiger partial charge in [0.2, 0.25) is 0 Å². The molecule has 0 aliphatic heterocycles. The van der Waals surface area contributed by atoms with Gasteiger partial charge in [-0.1, -0.05) is 49.6 Å². The molecule has 0 bridgehead atoms. The summed E-state index contributed by atoms with van der Waals surface area (Å²) in [6.45, 7) is 0. The van der Waals surface area contributed by atoms with Gasteiger partial charge in [-0.3, -0.25) is 0 Å². The molecular weight excluding hydrogens is 198 g/mol. The lowest BCUT2D eigenvalue weighted by Crippen LogP contribution is -2.44. The van der Waals surface area contributed by atoms with E-state index in [0.29, 0.717) is 0 Å². The van der Waals surface area contributed by atoms with E-state index in [2.05, 4.69) is 12.1 Å². The van der Waals surface area contributed by atoms with E-state index < -0.39 is 0 Å². The molecule has 16 heavy (non-hydrogen) atoms. The molecule has 1 unspecified atom stereocenters. The Labute approximate surface area is 97.8 Å². The van der Waals surface area contributed by atoms with Gasteiger partial charge in [-0.15, -0.1) is 0 Å². The van der Waals surface area contributed by atoms with Crippen molar-refractivity contribution in [2.75, 3.05) is 7.11 Å². The lowest BCUT2D eigenvalue weighted by molar-refractivity contribution is -0.0595. The van der Waals surface area contributed by atoms with Gasteiger partial charge < -0.3 is 10.5 Å². The Morgan fingerprint density at radius 1 is 1.12 bits per heavy atom. The Bertz CT molecular complexity index is 317. The van der Waals surface area contributed by atoms with Crippen molar-refractivity contribution < 1.29 is 4.74 Å². The maximum atomic E-state index is 6.39. The van der Waals surface area contributed by atoms with E-state index >= 15 is 0 Å².